The molecular weight excluding hydrogens is 254 g/mol. The molecule has 2 nitrogen and oxygen atoms in total. The van der Waals surface area contributed by atoms with E-state index in [0.717, 1.165) is 31.6 Å². The second-order valence-corrected chi connectivity index (χ2v) is 6.42. The van der Waals surface area contributed by atoms with Crippen LogP contribution in [0.2, 0.25) is 0 Å². The van der Waals surface area contributed by atoms with Crippen LogP contribution < -0.4 is 10.5 Å². The summed E-state index contributed by atoms with van der Waals surface area (Å²) in [5, 5.41) is 0. The number of ether oxygens (including phenoxy) is 1. The molecule has 0 atom stereocenters. The Labute approximate surface area is 122 Å². The van der Waals surface area contributed by atoms with E-state index in [9.17, 15) is 0 Å². The van der Waals surface area contributed by atoms with Crippen LogP contribution in [-0.4, -0.2) is 11.6 Å². The molecule has 1 rings (SSSR count). The van der Waals surface area contributed by atoms with Crippen LogP contribution >= 0.6 is 12.2 Å². The third-order valence-corrected chi connectivity index (χ3v) is 3.18. The fourth-order valence-corrected chi connectivity index (χ4v) is 2.03. The standard InChI is InChI=1S/C16H25NOS/c1-5-10-18-14-8-6-12(7-9-15(17)19)11-13(14)16(2,3)4/h6,8,11H,5,7,9-10H2,1-4H3,(H2,17,19). The smallest absolute Gasteiger partial charge is 0.123 e. The Morgan fingerprint density at radius 3 is 2.53 bits per heavy atom. The van der Waals surface area contributed by atoms with Crippen molar-refractivity contribution in [1.29, 1.82) is 0 Å². The van der Waals surface area contributed by atoms with Crippen molar-refractivity contribution in [2.75, 3.05) is 6.61 Å². The van der Waals surface area contributed by atoms with Crippen molar-refractivity contribution in [2.45, 2.75) is 52.4 Å². The van der Waals surface area contributed by atoms with Gasteiger partial charge in [0.2, 0.25) is 0 Å². The van der Waals surface area contributed by atoms with Gasteiger partial charge < -0.3 is 10.5 Å². The molecule has 0 unspecified atom stereocenters. The maximum Gasteiger partial charge on any atom is 0.123 e. The van der Waals surface area contributed by atoms with E-state index in [1.165, 1.54) is 11.1 Å². The van der Waals surface area contributed by atoms with Crippen LogP contribution in [0.4, 0.5) is 0 Å². The molecule has 0 saturated carbocycles. The van der Waals surface area contributed by atoms with Gasteiger partial charge in [0.05, 0.1) is 11.6 Å². The first kappa shape index (κ1) is 16.0. The first-order valence-electron chi connectivity index (χ1n) is 6.89. The van der Waals surface area contributed by atoms with Gasteiger partial charge >= 0.3 is 0 Å². The quantitative estimate of drug-likeness (QED) is 0.800. The Balaban J connectivity index is 2.98. The van der Waals surface area contributed by atoms with Gasteiger partial charge in [-0.15, -0.1) is 0 Å². The Morgan fingerprint density at radius 1 is 1.32 bits per heavy atom. The molecule has 1 aromatic rings. The maximum absolute atomic E-state index is 5.84. The molecule has 0 heterocycles. The van der Waals surface area contributed by atoms with E-state index in [4.69, 9.17) is 22.7 Å². The fourth-order valence-electron chi connectivity index (χ4n) is 1.92. The topological polar surface area (TPSA) is 35.2 Å². The summed E-state index contributed by atoms with van der Waals surface area (Å²) in [7, 11) is 0. The van der Waals surface area contributed by atoms with E-state index in [-0.39, 0.29) is 5.41 Å². The molecule has 0 aliphatic heterocycles. The highest BCUT2D eigenvalue weighted by Crippen LogP contribution is 2.32. The first-order chi connectivity index (χ1) is 8.84. The fraction of sp³-hybridized carbons (Fsp3) is 0.562. The average molecular weight is 279 g/mol. The molecule has 1 aromatic carbocycles. The molecule has 0 amide bonds. The highest BCUT2D eigenvalue weighted by atomic mass is 32.1. The van der Waals surface area contributed by atoms with Crippen molar-refractivity contribution in [1.82, 2.24) is 0 Å². The van der Waals surface area contributed by atoms with E-state index in [1.54, 1.807) is 0 Å². The SMILES string of the molecule is CCCOc1ccc(CCC(N)=S)cc1C(C)(C)C. The summed E-state index contributed by atoms with van der Waals surface area (Å²) in [5.41, 5.74) is 8.15. The number of thiocarbonyl (C=S) groups is 1. The van der Waals surface area contributed by atoms with E-state index in [0.29, 0.717) is 4.99 Å². The highest BCUT2D eigenvalue weighted by molar-refractivity contribution is 7.80. The molecule has 3 heteroatoms. The lowest BCUT2D eigenvalue weighted by Gasteiger charge is -2.23. The minimum atomic E-state index is 0.0717. The predicted molar refractivity (Wildman–Crippen MR) is 86.0 cm³/mol. The van der Waals surface area contributed by atoms with Gasteiger partial charge in [-0.3, -0.25) is 0 Å². The summed E-state index contributed by atoms with van der Waals surface area (Å²) in [6.45, 7) is 9.50. The largest absolute Gasteiger partial charge is 0.493 e. The van der Waals surface area contributed by atoms with Crippen molar-refractivity contribution in [3.63, 3.8) is 0 Å². The van der Waals surface area contributed by atoms with E-state index >= 15 is 0 Å². The van der Waals surface area contributed by atoms with Gasteiger partial charge in [-0.1, -0.05) is 52.0 Å². The molecule has 0 fully saturated rings. The maximum atomic E-state index is 5.84. The number of hydrogen-bond donors (Lipinski definition) is 1. The monoisotopic (exact) mass is 279 g/mol. The van der Waals surface area contributed by atoms with Crippen molar-refractivity contribution in [3.05, 3.63) is 29.3 Å². The first-order valence-corrected chi connectivity index (χ1v) is 7.30. The highest BCUT2D eigenvalue weighted by Gasteiger charge is 2.19. The molecular formula is C16H25NOS. The van der Waals surface area contributed by atoms with Crippen LogP contribution in [-0.2, 0) is 11.8 Å². The van der Waals surface area contributed by atoms with Gasteiger partial charge in [-0.05, 0) is 35.4 Å². The molecule has 19 heavy (non-hydrogen) atoms. The third-order valence-electron chi connectivity index (χ3n) is 2.97. The van der Waals surface area contributed by atoms with Crippen molar-refractivity contribution in [3.8, 4) is 5.75 Å². The summed E-state index contributed by atoms with van der Waals surface area (Å²) in [5.74, 6) is 0.994. The summed E-state index contributed by atoms with van der Waals surface area (Å²) < 4.78 is 5.84. The zero-order chi connectivity index (χ0) is 14.5. The van der Waals surface area contributed by atoms with Crippen LogP contribution in [0.5, 0.6) is 5.75 Å². The van der Waals surface area contributed by atoms with E-state index in [1.807, 2.05) is 0 Å². The average Bonchev–Trinajstić information content (AvgIpc) is 2.33. The number of benzene rings is 1. The summed E-state index contributed by atoms with van der Waals surface area (Å²) in [6, 6.07) is 6.41. The zero-order valence-electron chi connectivity index (χ0n) is 12.5. The Bertz CT molecular complexity index is 435. The molecule has 106 valence electrons. The zero-order valence-corrected chi connectivity index (χ0v) is 13.3. The lowest BCUT2D eigenvalue weighted by molar-refractivity contribution is 0.308. The van der Waals surface area contributed by atoms with Crippen LogP contribution in [0.3, 0.4) is 0 Å². The molecule has 0 saturated heterocycles. The second-order valence-electron chi connectivity index (χ2n) is 5.90. The molecule has 0 radical (unpaired) electrons. The molecule has 2 N–H and O–H groups in total. The summed E-state index contributed by atoms with van der Waals surface area (Å²) in [6.07, 6.45) is 2.67. The van der Waals surface area contributed by atoms with Gasteiger partial charge in [0, 0.05) is 6.42 Å². The number of nitrogens with two attached hydrogens (primary N) is 1. The van der Waals surface area contributed by atoms with Crippen molar-refractivity contribution < 1.29 is 4.74 Å². The van der Waals surface area contributed by atoms with Gasteiger partial charge in [0.15, 0.2) is 0 Å². The number of rotatable bonds is 6. The van der Waals surface area contributed by atoms with E-state index < -0.39 is 0 Å². The molecule has 0 aromatic heterocycles. The minimum absolute atomic E-state index is 0.0717. The normalized spacial score (nSPS) is 11.4. The Hall–Kier alpha value is -1.09. The minimum Gasteiger partial charge on any atom is -0.493 e. The van der Waals surface area contributed by atoms with Crippen LogP contribution in [0.1, 0.15) is 51.7 Å². The van der Waals surface area contributed by atoms with Gasteiger partial charge in [-0.25, -0.2) is 0 Å². The van der Waals surface area contributed by atoms with Crippen LogP contribution in [0.15, 0.2) is 18.2 Å². The lowest BCUT2D eigenvalue weighted by Crippen LogP contribution is -2.15. The second kappa shape index (κ2) is 6.90. The van der Waals surface area contributed by atoms with Gasteiger partial charge in [-0.2, -0.15) is 0 Å². The van der Waals surface area contributed by atoms with Crippen LogP contribution in [0.25, 0.3) is 0 Å². The third kappa shape index (κ3) is 5.19. The summed E-state index contributed by atoms with van der Waals surface area (Å²) in [4.78, 5) is 0.573. The lowest BCUT2D eigenvalue weighted by atomic mass is 9.85. The van der Waals surface area contributed by atoms with E-state index in [2.05, 4.69) is 45.9 Å². The predicted octanol–water partition coefficient (Wildman–Crippen LogP) is 3.99. The van der Waals surface area contributed by atoms with Gasteiger partial charge in [0.1, 0.15) is 5.75 Å². The molecule has 0 spiro atoms. The van der Waals surface area contributed by atoms with Gasteiger partial charge in [0.25, 0.3) is 0 Å². The number of aryl methyl sites for hydroxylation is 1. The van der Waals surface area contributed by atoms with Crippen molar-refractivity contribution >= 4 is 17.2 Å². The van der Waals surface area contributed by atoms with Crippen LogP contribution in [0, 0.1) is 0 Å². The summed E-state index contributed by atoms with van der Waals surface area (Å²) >= 11 is 4.94. The number of hydrogen-bond acceptors (Lipinski definition) is 2. The van der Waals surface area contributed by atoms with Crippen molar-refractivity contribution in [2.24, 2.45) is 5.73 Å². The Kier molecular flexibility index (Phi) is 5.80. The molecule has 0 aliphatic carbocycles. The Morgan fingerprint density at radius 2 is 2.00 bits per heavy atom. The molecule has 0 aliphatic rings. The molecule has 0 bridgehead atoms.